The molecule has 10 heteroatoms. The molecular formula is C22H15F5N4O. The number of hydrogen-bond acceptors (Lipinski definition) is 4. The highest BCUT2D eigenvalue weighted by molar-refractivity contribution is 6.09. The van der Waals surface area contributed by atoms with Gasteiger partial charge in [0.1, 0.15) is 17.5 Å². The molecule has 0 radical (unpaired) electrons. The number of halogens is 5. The van der Waals surface area contributed by atoms with E-state index in [9.17, 15) is 22.4 Å². The maximum Gasteiger partial charge on any atom is 0.266 e. The lowest BCUT2D eigenvalue weighted by molar-refractivity contribution is -0.129. The van der Waals surface area contributed by atoms with Gasteiger partial charge in [0.15, 0.2) is 11.5 Å². The molecule has 164 valence electrons. The van der Waals surface area contributed by atoms with E-state index in [0.717, 1.165) is 41.6 Å². The monoisotopic (exact) mass is 446 g/mol. The molecule has 32 heavy (non-hydrogen) atoms. The Balaban J connectivity index is 2.02. The Morgan fingerprint density at radius 1 is 1.00 bits per heavy atom. The first kappa shape index (κ1) is 21.4. The number of benzene rings is 2. The van der Waals surface area contributed by atoms with Crippen LogP contribution in [0.1, 0.15) is 23.1 Å². The largest absolute Gasteiger partial charge is 0.369 e. The number of hydrogen-bond donors (Lipinski definition) is 1. The van der Waals surface area contributed by atoms with Crippen LogP contribution in [0.3, 0.4) is 0 Å². The third-order valence-electron chi connectivity index (χ3n) is 5.27. The smallest absolute Gasteiger partial charge is 0.266 e. The van der Waals surface area contributed by atoms with Crippen molar-refractivity contribution in [2.45, 2.75) is 12.0 Å². The van der Waals surface area contributed by atoms with Crippen LogP contribution < -0.4 is 5.73 Å². The van der Waals surface area contributed by atoms with E-state index in [1.54, 1.807) is 0 Å². The van der Waals surface area contributed by atoms with Crippen LogP contribution in [0.2, 0.25) is 0 Å². The molecule has 4 rings (SSSR count). The van der Waals surface area contributed by atoms with Crippen LogP contribution in [0, 0.1) is 17.5 Å². The number of nitrogens with two attached hydrogens (primary N) is 1. The number of guanidine groups is 1. The Morgan fingerprint density at radius 3 is 2.28 bits per heavy atom. The number of carbonyl (C=O) groups excluding carboxylic acids is 1. The average molecular weight is 446 g/mol. The zero-order chi connectivity index (χ0) is 23.2. The fraction of sp³-hybridized carbons (Fsp3) is 0.136. The molecule has 1 aromatic heterocycles. The van der Waals surface area contributed by atoms with E-state index in [2.05, 4.69) is 9.98 Å². The first-order valence-electron chi connectivity index (χ1n) is 9.27. The minimum atomic E-state index is -2.91. The summed E-state index contributed by atoms with van der Waals surface area (Å²) in [6.45, 7) is 0. The van der Waals surface area contributed by atoms with Gasteiger partial charge in [0, 0.05) is 47.8 Å². The van der Waals surface area contributed by atoms with E-state index in [-0.39, 0.29) is 22.6 Å². The zero-order valence-corrected chi connectivity index (χ0v) is 16.5. The first-order valence-corrected chi connectivity index (χ1v) is 9.27. The molecule has 0 bridgehead atoms. The van der Waals surface area contributed by atoms with Gasteiger partial charge in [0.05, 0.1) is 0 Å². The van der Waals surface area contributed by atoms with Gasteiger partial charge in [-0.1, -0.05) is 12.1 Å². The highest BCUT2D eigenvalue weighted by atomic mass is 19.3. The quantitative estimate of drug-likeness (QED) is 0.613. The Kier molecular flexibility index (Phi) is 5.15. The number of nitrogens with zero attached hydrogens (tertiary/aromatic N) is 3. The van der Waals surface area contributed by atoms with Crippen LogP contribution in [-0.4, -0.2) is 28.8 Å². The average Bonchev–Trinajstić information content (AvgIpc) is 2.99. The van der Waals surface area contributed by atoms with Crippen LogP contribution in [0.4, 0.5) is 22.0 Å². The molecule has 2 aromatic carbocycles. The van der Waals surface area contributed by atoms with E-state index in [4.69, 9.17) is 5.73 Å². The number of carbonyl (C=O) groups is 1. The molecule has 1 amide bonds. The minimum Gasteiger partial charge on any atom is -0.369 e. The highest BCUT2D eigenvalue weighted by Crippen LogP contribution is 2.43. The van der Waals surface area contributed by atoms with Crippen molar-refractivity contribution in [1.29, 1.82) is 0 Å². The van der Waals surface area contributed by atoms with Crippen LogP contribution in [-0.2, 0) is 10.3 Å². The van der Waals surface area contributed by atoms with Gasteiger partial charge in [0.25, 0.3) is 12.3 Å². The van der Waals surface area contributed by atoms with Gasteiger partial charge in [-0.2, -0.15) is 0 Å². The van der Waals surface area contributed by atoms with Crippen LogP contribution in [0.25, 0.3) is 11.1 Å². The standard InChI is InChI=1S/C22H15F5N4O/c1-31-20(32)22(30-21(31)28,13-6-12(19(26)27)9-29-10-13)16-7-15(17(24)8-18(16)25)11-2-4-14(23)5-3-11/h2-10,19H,1H3,(H2,28,30). The molecule has 1 unspecified atom stereocenters. The summed E-state index contributed by atoms with van der Waals surface area (Å²) in [4.78, 5) is 22.1. The summed E-state index contributed by atoms with van der Waals surface area (Å²) in [5.41, 5.74) is 2.57. The number of pyridine rings is 1. The Hall–Kier alpha value is -3.82. The number of alkyl halides is 2. The normalized spacial score (nSPS) is 18.4. The van der Waals surface area contributed by atoms with Gasteiger partial charge in [0.2, 0.25) is 0 Å². The second-order valence-electron chi connectivity index (χ2n) is 7.17. The molecule has 0 spiro atoms. The molecule has 1 aliphatic rings. The fourth-order valence-corrected chi connectivity index (χ4v) is 3.61. The number of rotatable bonds is 4. The molecule has 5 nitrogen and oxygen atoms in total. The number of amides is 1. The SMILES string of the molecule is CN1C(=O)C(c2cncc(C(F)F)c2)(c2cc(-c3ccc(F)cc3)c(F)cc2F)N=C1N. The van der Waals surface area contributed by atoms with Crippen molar-refractivity contribution in [2.75, 3.05) is 7.05 Å². The number of aromatic nitrogens is 1. The van der Waals surface area contributed by atoms with Crippen LogP contribution in [0.15, 0.2) is 59.9 Å². The van der Waals surface area contributed by atoms with E-state index in [0.29, 0.717) is 6.07 Å². The maximum absolute atomic E-state index is 15.1. The molecule has 3 aromatic rings. The van der Waals surface area contributed by atoms with Crippen molar-refractivity contribution in [3.8, 4) is 11.1 Å². The van der Waals surface area contributed by atoms with E-state index in [1.807, 2.05) is 0 Å². The van der Waals surface area contributed by atoms with Gasteiger partial charge in [-0.05, 0) is 29.8 Å². The van der Waals surface area contributed by atoms with Gasteiger partial charge >= 0.3 is 0 Å². The van der Waals surface area contributed by atoms with Crippen molar-refractivity contribution >= 4 is 11.9 Å². The predicted octanol–water partition coefficient (Wildman–Crippen LogP) is 4.13. The topological polar surface area (TPSA) is 71.6 Å². The van der Waals surface area contributed by atoms with Crippen molar-refractivity contribution in [1.82, 2.24) is 9.88 Å². The number of likely N-dealkylation sites (N-methyl/N-ethyl adjacent to an activating group) is 1. The molecular weight excluding hydrogens is 431 g/mol. The third-order valence-corrected chi connectivity index (χ3v) is 5.27. The Morgan fingerprint density at radius 2 is 1.69 bits per heavy atom. The summed E-state index contributed by atoms with van der Waals surface area (Å²) in [7, 11) is 1.29. The van der Waals surface area contributed by atoms with Gasteiger partial charge in [-0.15, -0.1) is 0 Å². The molecule has 0 fully saturated rings. The molecule has 0 saturated heterocycles. The summed E-state index contributed by atoms with van der Waals surface area (Å²) in [5, 5.41) is 0. The summed E-state index contributed by atoms with van der Waals surface area (Å²) in [6, 6.07) is 7.31. The van der Waals surface area contributed by atoms with Crippen molar-refractivity contribution < 1.29 is 26.7 Å². The number of aliphatic imine (C=N–C) groups is 1. The maximum atomic E-state index is 15.1. The Bertz CT molecular complexity index is 1250. The van der Waals surface area contributed by atoms with Crippen LogP contribution in [0.5, 0.6) is 0 Å². The molecule has 0 aliphatic carbocycles. The molecule has 0 saturated carbocycles. The molecule has 1 aliphatic heterocycles. The van der Waals surface area contributed by atoms with E-state index in [1.165, 1.54) is 19.2 Å². The van der Waals surface area contributed by atoms with Gasteiger partial charge in [-0.3, -0.25) is 14.7 Å². The molecule has 2 heterocycles. The lowest BCUT2D eigenvalue weighted by Crippen LogP contribution is -2.41. The van der Waals surface area contributed by atoms with E-state index < -0.39 is 46.5 Å². The summed E-state index contributed by atoms with van der Waals surface area (Å²) >= 11 is 0. The zero-order valence-electron chi connectivity index (χ0n) is 16.5. The second kappa shape index (κ2) is 7.70. The van der Waals surface area contributed by atoms with Crippen molar-refractivity contribution in [2.24, 2.45) is 10.7 Å². The van der Waals surface area contributed by atoms with E-state index >= 15 is 4.39 Å². The summed E-state index contributed by atoms with van der Waals surface area (Å²) in [5.74, 6) is -3.80. The van der Waals surface area contributed by atoms with Crippen molar-refractivity contribution in [3.05, 3.63) is 89.0 Å². The third kappa shape index (κ3) is 3.28. The van der Waals surface area contributed by atoms with Crippen LogP contribution >= 0.6 is 0 Å². The van der Waals surface area contributed by atoms with Gasteiger partial charge < -0.3 is 5.73 Å². The lowest BCUT2D eigenvalue weighted by Gasteiger charge is -2.27. The highest BCUT2D eigenvalue weighted by Gasteiger charge is 2.51. The molecule has 1 atom stereocenters. The fourth-order valence-electron chi connectivity index (χ4n) is 3.61. The molecule has 2 N–H and O–H groups in total. The summed E-state index contributed by atoms with van der Waals surface area (Å²) in [6.07, 6.45) is -0.911. The predicted molar refractivity (Wildman–Crippen MR) is 106 cm³/mol. The summed E-state index contributed by atoms with van der Waals surface area (Å²) < 4.78 is 69.7. The Labute approximate surface area is 179 Å². The second-order valence-corrected chi connectivity index (χ2v) is 7.17. The first-order chi connectivity index (χ1) is 15.1. The van der Waals surface area contributed by atoms with Crippen molar-refractivity contribution in [3.63, 3.8) is 0 Å². The lowest BCUT2D eigenvalue weighted by atomic mass is 9.81. The minimum absolute atomic E-state index is 0.144. The van der Waals surface area contributed by atoms with Gasteiger partial charge in [-0.25, -0.2) is 26.9 Å².